The van der Waals surface area contributed by atoms with Crippen LogP contribution < -0.4 is 11.2 Å². The van der Waals surface area contributed by atoms with Gasteiger partial charge in [-0.3, -0.25) is 5.43 Å². The number of rotatable bonds is 2. The fourth-order valence-corrected chi connectivity index (χ4v) is 1.12. The van der Waals surface area contributed by atoms with Gasteiger partial charge in [-0.2, -0.15) is 0 Å². The van der Waals surface area contributed by atoms with E-state index in [1.54, 1.807) is 0 Å². The van der Waals surface area contributed by atoms with Crippen LogP contribution in [-0.4, -0.2) is 30.7 Å². The highest BCUT2D eigenvalue weighted by atomic mass is 15.5. The van der Waals surface area contributed by atoms with Crippen molar-refractivity contribution in [2.75, 3.05) is 19.6 Å². The van der Waals surface area contributed by atoms with Gasteiger partial charge in [0.05, 0.1) is 0 Å². The Balaban J connectivity index is 2.14. The van der Waals surface area contributed by atoms with E-state index in [0.29, 0.717) is 6.04 Å². The molecule has 3 nitrogen and oxygen atoms in total. The molecule has 1 rings (SSSR count). The predicted molar refractivity (Wildman–Crippen MR) is 37.8 cm³/mol. The smallest absolute Gasteiger partial charge is 0.0254 e. The highest BCUT2D eigenvalue weighted by Crippen LogP contribution is 2.02. The van der Waals surface area contributed by atoms with Gasteiger partial charge in [0.2, 0.25) is 0 Å². The molecule has 0 saturated carbocycles. The highest BCUT2D eigenvalue weighted by Gasteiger charge is 2.15. The van der Waals surface area contributed by atoms with E-state index < -0.39 is 0 Å². The number of nitrogens with zero attached hydrogens (tertiary/aromatic N) is 1. The molecule has 1 unspecified atom stereocenters. The maximum atomic E-state index is 5.37. The monoisotopic (exact) mass is 129 g/mol. The average Bonchev–Trinajstić information content (AvgIpc) is 2.17. The summed E-state index contributed by atoms with van der Waals surface area (Å²) in [5.74, 6) is 0. The quantitative estimate of drug-likeness (QED) is 0.530. The lowest BCUT2D eigenvalue weighted by Gasteiger charge is -2.14. The first-order valence-corrected chi connectivity index (χ1v) is 3.54. The van der Waals surface area contributed by atoms with Crippen molar-refractivity contribution in [1.29, 1.82) is 0 Å². The van der Waals surface area contributed by atoms with Gasteiger partial charge in [-0.1, -0.05) is 0 Å². The first-order chi connectivity index (χ1) is 4.33. The Morgan fingerprint density at radius 3 is 3.00 bits per heavy atom. The summed E-state index contributed by atoms with van der Waals surface area (Å²) in [5.41, 5.74) is 8.68. The Labute approximate surface area is 56.2 Å². The number of hydrogen-bond acceptors (Lipinski definition) is 3. The van der Waals surface area contributed by atoms with Gasteiger partial charge in [0.1, 0.15) is 0 Å². The molecule has 1 aliphatic rings. The molecule has 1 heterocycles. The van der Waals surface area contributed by atoms with Crippen molar-refractivity contribution in [1.82, 2.24) is 10.4 Å². The summed E-state index contributed by atoms with van der Waals surface area (Å²) in [6, 6.07) is 0.650. The molecule has 0 aliphatic carbocycles. The normalized spacial score (nSPS) is 29.3. The molecule has 0 amide bonds. The van der Waals surface area contributed by atoms with Gasteiger partial charge in [0.15, 0.2) is 0 Å². The molecule has 1 fully saturated rings. The lowest BCUT2D eigenvalue weighted by molar-refractivity contribution is 0.246. The number of nitrogens with one attached hydrogen (secondary N) is 1. The van der Waals surface area contributed by atoms with Gasteiger partial charge < -0.3 is 5.73 Å². The topological polar surface area (TPSA) is 41.3 Å². The molecule has 9 heavy (non-hydrogen) atoms. The van der Waals surface area contributed by atoms with Crippen LogP contribution in [-0.2, 0) is 0 Å². The van der Waals surface area contributed by atoms with Crippen molar-refractivity contribution >= 4 is 0 Å². The zero-order chi connectivity index (χ0) is 6.69. The van der Waals surface area contributed by atoms with Crippen molar-refractivity contribution < 1.29 is 0 Å². The number of hydrazine groups is 1. The zero-order valence-electron chi connectivity index (χ0n) is 5.93. The second kappa shape index (κ2) is 3.15. The summed E-state index contributed by atoms with van der Waals surface area (Å²) in [5, 5.41) is 2.19. The second-order valence-corrected chi connectivity index (χ2v) is 2.59. The summed E-state index contributed by atoms with van der Waals surface area (Å²) in [7, 11) is 0. The number of nitrogens with two attached hydrogens (primary N) is 1. The van der Waals surface area contributed by atoms with Crippen LogP contribution in [0.25, 0.3) is 0 Å². The van der Waals surface area contributed by atoms with Crippen LogP contribution in [0.15, 0.2) is 0 Å². The van der Waals surface area contributed by atoms with E-state index in [1.807, 2.05) is 0 Å². The maximum Gasteiger partial charge on any atom is 0.0254 e. The molecule has 0 aromatic carbocycles. The van der Waals surface area contributed by atoms with Crippen LogP contribution in [0.5, 0.6) is 0 Å². The van der Waals surface area contributed by atoms with E-state index in [9.17, 15) is 0 Å². The van der Waals surface area contributed by atoms with Crippen molar-refractivity contribution in [3.05, 3.63) is 0 Å². The molecule has 54 valence electrons. The van der Waals surface area contributed by atoms with Crippen LogP contribution in [0, 0.1) is 0 Å². The fraction of sp³-hybridized carbons (Fsp3) is 1.00. The van der Waals surface area contributed by atoms with E-state index in [1.165, 1.54) is 6.42 Å². The Kier molecular flexibility index (Phi) is 2.45. The lowest BCUT2D eigenvalue weighted by atomic mass is 10.3. The molecule has 0 spiro atoms. The molecule has 3 N–H and O–H groups in total. The van der Waals surface area contributed by atoms with E-state index in [-0.39, 0.29) is 0 Å². The Morgan fingerprint density at radius 2 is 2.56 bits per heavy atom. The van der Waals surface area contributed by atoms with Crippen molar-refractivity contribution in [2.45, 2.75) is 19.4 Å². The van der Waals surface area contributed by atoms with Gasteiger partial charge >= 0.3 is 0 Å². The molecular weight excluding hydrogens is 114 g/mol. The van der Waals surface area contributed by atoms with E-state index >= 15 is 0 Å². The SMILES string of the molecule is CC1CCN(CCN)N1. The summed E-state index contributed by atoms with van der Waals surface area (Å²) in [4.78, 5) is 0. The summed E-state index contributed by atoms with van der Waals surface area (Å²) < 4.78 is 0. The van der Waals surface area contributed by atoms with Crippen molar-refractivity contribution in [3.8, 4) is 0 Å². The second-order valence-electron chi connectivity index (χ2n) is 2.59. The van der Waals surface area contributed by atoms with Gasteiger partial charge in [0.25, 0.3) is 0 Å². The minimum atomic E-state index is 0.650. The summed E-state index contributed by atoms with van der Waals surface area (Å²) in [6.07, 6.45) is 1.25. The molecule has 0 radical (unpaired) electrons. The molecule has 0 aromatic rings. The summed E-state index contributed by atoms with van der Waals surface area (Å²) in [6.45, 7) is 5.07. The molecule has 0 bridgehead atoms. The number of hydrogen-bond donors (Lipinski definition) is 2. The molecule has 1 aliphatic heterocycles. The molecule has 1 atom stereocenters. The molecule has 0 aromatic heterocycles. The third kappa shape index (κ3) is 1.93. The van der Waals surface area contributed by atoms with Crippen molar-refractivity contribution in [3.63, 3.8) is 0 Å². The van der Waals surface area contributed by atoms with Crippen molar-refractivity contribution in [2.24, 2.45) is 5.73 Å². The minimum Gasteiger partial charge on any atom is -0.329 e. The fourth-order valence-electron chi connectivity index (χ4n) is 1.12. The van der Waals surface area contributed by atoms with Crippen LogP contribution in [0.2, 0.25) is 0 Å². The van der Waals surface area contributed by atoms with E-state index in [4.69, 9.17) is 5.73 Å². The molecule has 3 heteroatoms. The van der Waals surface area contributed by atoms with Crippen LogP contribution in [0.3, 0.4) is 0 Å². The molecular formula is C6H15N3. The lowest BCUT2D eigenvalue weighted by Crippen LogP contribution is -2.37. The Bertz CT molecular complexity index is 82.4. The Morgan fingerprint density at radius 1 is 1.78 bits per heavy atom. The van der Waals surface area contributed by atoms with Gasteiger partial charge in [-0.15, -0.1) is 0 Å². The standard InChI is InChI=1S/C6H15N3/c1-6-2-4-9(8-6)5-3-7/h6,8H,2-5,7H2,1H3. The highest BCUT2D eigenvalue weighted by molar-refractivity contribution is 4.69. The minimum absolute atomic E-state index is 0.650. The van der Waals surface area contributed by atoms with E-state index in [2.05, 4.69) is 17.4 Å². The molecule has 1 saturated heterocycles. The largest absolute Gasteiger partial charge is 0.329 e. The maximum absolute atomic E-state index is 5.37. The third-order valence-corrected chi connectivity index (χ3v) is 1.63. The van der Waals surface area contributed by atoms with Crippen LogP contribution in [0.1, 0.15) is 13.3 Å². The first-order valence-electron chi connectivity index (χ1n) is 3.54. The predicted octanol–water partition coefficient (Wildman–Crippen LogP) is -0.456. The van der Waals surface area contributed by atoms with Crippen LogP contribution in [0.4, 0.5) is 0 Å². The first kappa shape index (κ1) is 6.99. The summed E-state index contributed by atoms with van der Waals surface area (Å²) >= 11 is 0. The van der Waals surface area contributed by atoms with Gasteiger partial charge in [0, 0.05) is 25.7 Å². The average molecular weight is 129 g/mol. The van der Waals surface area contributed by atoms with Gasteiger partial charge in [-0.05, 0) is 13.3 Å². The van der Waals surface area contributed by atoms with Gasteiger partial charge in [-0.25, -0.2) is 5.01 Å². The zero-order valence-corrected chi connectivity index (χ0v) is 5.93. The Hall–Kier alpha value is -0.120. The van der Waals surface area contributed by atoms with E-state index in [0.717, 1.165) is 19.6 Å². The third-order valence-electron chi connectivity index (χ3n) is 1.63. The van der Waals surface area contributed by atoms with Crippen LogP contribution >= 0.6 is 0 Å².